The molecule has 0 radical (unpaired) electrons. The van der Waals surface area contributed by atoms with E-state index in [0.29, 0.717) is 18.7 Å². The number of aromatic nitrogens is 2. The molecular weight excluding hydrogens is 322 g/mol. The van der Waals surface area contributed by atoms with Gasteiger partial charge in [-0.1, -0.05) is 12.0 Å². The van der Waals surface area contributed by atoms with E-state index >= 15 is 0 Å². The number of carbonyl (C=O) groups excluding carboxylic acids is 1. The van der Waals surface area contributed by atoms with Crippen molar-refractivity contribution in [2.45, 2.75) is 58.4 Å². The number of esters is 1. The molecule has 8 heteroatoms. The highest BCUT2D eigenvalue weighted by molar-refractivity contribution is 5.87. The van der Waals surface area contributed by atoms with E-state index in [2.05, 4.69) is 15.1 Å². The highest BCUT2D eigenvalue weighted by Crippen LogP contribution is 2.36. The Labute approximate surface area is 145 Å². The summed E-state index contributed by atoms with van der Waals surface area (Å²) in [6.45, 7) is 7.78. The Morgan fingerprint density at radius 2 is 2.32 bits per heavy atom. The number of azide groups is 1. The van der Waals surface area contributed by atoms with Crippen molar-refractivity contribution in [1.82, 2.24) is 9.78 Å². The lowest BCUT2D eigenvalue weighted by Gasteiger charge is -2.21. The molecule has 0 saturated heterocycles. The third kappa shape index (κ3) is 3.53. The van der Waals surface area contributed by atoms with E-state index in [-0.39, 0.29) is 12.0 Å². The summed E-state index contributed by atoms with van der Waals surface area (Å²) in [5, 5.41) is 9.04. The number of hydrogen-bond donors (Lipinski definition) is 0. The Morgan fingerprint density at radius 3 is 3.00 bits per heavy atom. The van der Waals surface area contributed by atoms with Crippen LogP contribution in [0.5, 0.6) is 5.75 Å². The van der Waals surface area contributed by atoms with E-state index < -0.39 is 11.7 Å². The van der Waals surface area contributed by atoms with Crippen molar-refractivity contribution in [3.63, 3.8) is 0 Å². The van der Waals surface area contributed by atoms with Crippen LogP contribution in [0.3, 0.4) is 0 Å². The highest BCUT2D eigenvalue weighted by Gasteiger charge is 2.34. The summed E-state index contributed by atoms with van der Waals surface area (Å²) < 4.78 is 13.0. The van der Waals surface area contributed by atoms with Gasteiger partial charge in [-0.3, -0.25) is 4.68 Å². The summed E-state index contributed by atoms with van der Waals surface area (Å²) in [6, 6.07) is 3.53. The maximum absolute atomic E-state index is 12.3. The minimum absolute atomic E-state index is 0.229. The fourth-order valence-corrected chi connectivity index (χ4v) is 2.93. The Hall–Kier alpha value is -2.73. The van der Waals surface area contributed by atoms with Crippen molar-refractivity contribution in [2.24, 2.45) is 5.11 Å². The zero-order valence-electron chi connectivity index (χ0n) is 14.8. The molecule has 1 aromatic carbocycles. The predicted octanol–water partition coefficient (Wildman–Crippen LogP) is 3.38. The van der Waals surface area contributed by atoms with Crippen molar-refractivity contribution < 1.29 is 14.3 Å². The first-order valence-electron chi connectivity index (χ1n) is 8.19. The highest BCUT2D eigenvalue weighted by atomic mass is 16.6. The van der Waals surface area contributed by atoms with E-state index in [4.69, 9.17) is 15.0 Å². The van der Waals surface area contributed by atoms with Crippen LogP contribution in [0.25, 0.3) is 21.3 Å². The molecule has 1 unspecified atom stereocenters. The molecule has 1 aliphatic heterocycles. The van der Waals surface area contributed by atoms with Gasteiger partial charge in [0.05, 0.1) is 17.8 Å². The first kappa shape index (κ1) is 17.1. The van der Waals surface area contributed by atoms with Crippen LogP contribution in [0.4, 0.5) is 0 Å². The SMILES string of the molecule is C[C@@H](Cn1ncc2ccc3c(c21)CC(C(=O)OC(C)(C)C)O3)N=[N+]=[N-]. The summed E-state index contributed by atoms with van der Waals surface area (Å²) in [6.07, 6.45) is 1.54. The van der Waals surface area contributed by atoms with Gasteiger partial charge < -0.3 is 9.47 Å². The predicted molar refractivity (Wildman–Crippen MR) is 92.3 cm³/mol. The molecular formula is C17H21N5O3. The molecule has 8 nitrogen and oxygen atoms in total. The van der Waals surface area contributed by atoms with Crippen LogP contribution in [0.1, 0.15) is 33.3 Å². The van der Waals surface area contributed by atoms with Crippen molar-refractivity contribution in [2.75, 3.05) is 0 Å². The summed E-state index contributed by atoms with van der Waals surface area (Å²) in [7, 11) is 0. The second kappa shape index (κ2) is 6.29. The number of hydrogen-bond acceptors (Lipinski definition) is 5. The van der Waals surface area contributed by atoms with E-state index in [1.807, 2.05) is 39.8 Å². The third-order valence-corrected chi connectivity index (χ3v) is 3.88. The molecule has 0 saturated carbocycles. The van der Waals surface area contributed by atoms with E-state index in [0.717, 1.165) is 16.5 Å². The standard InChI is InChI=1S/C17H21N5O3/c1-10(20-21-18)9-22-15-11(8-19-22)5-6-13-12(15)7-14(24-13)16(23)25-17(2,3)4/h5-6,8,10,14H,7,9H2,1-4H3/t10-,14?/m0/s1. The van der Waals surface area contributed by atoms with Crippen LogP contribution in [0.15, 0.2) is 23.4 Å². The molecule has 0 bridgehead atoms. The molecule has 132 valence electrons. The molecule has 2 atom stereocenters. The van der Waals surface area contributed by atoms with Gasteiger partial charge in [-0.15, -0.1) is 0 Å². The number of ether oxygens (including phenoxy) is 2. The third-order valence-electron chi connectivity index (χ3n) is 3.88. The second-order valence-corrected chi connectivity index (χ2v) is 7.20. The van der Waals surface area contributed by atoms with Crippen molar-refractivity contribution in [3.8, 4) is 5.75 Å². The monoisotopic (exact) mass is 343 g/mol. The number of fused-ring (bicyclic) bond motifs is 3. The van der Waals surface area contributed by atoms with E-state index in [1.54, 1.807) is 10.9 Å². The lowest BCUT2D eigenvalue weighted by Crippen LogP contribution is -2.34. The van der Waals surface area contributed by atoms with Gasteiger partial charge in [0.15, 0.2) is 6.10 Å². The van der Waals surface area contributed by atoms with Crippen LogP contribution < -0.4 is 4.74 Å². The Bertz CT molecular complexity index is 861. The molecule has 25 heavy (non-hydrogen) atoms. The van der Waals surface area contributed by atoms with Crippen LogP contribution in [-0.2, 0) is 22.5 Å². The largest absolute Gasteiger partial charge is 0.478 e. The normalized spacial score (nSPS) is 17.5. The minimum Gasteiger partial charge on any atom is -0.478 e. The minimum atomic E-state index is -0.655. The molecule has 0 fully saturated rings. The van der Waals surface area contributed by atoms with Gasteiger partial charge in [0.2, 0.25) is 0 Å². The van der Waals surface area contributed by atoms with Gasteiger partial charge in [0.25, 0.3) is 0 Å². The number of rotatable bonds is 4. The smallest absolute Gasteiger partial charge is 0.348 e. The average Bonchev–Trinajstić information content (AvgIpc) is 3.09. The van der Waals surface area contributed by atoms with Gasteiger partial charge in [-0.05, 0) is 38.4 Å². The van der Waals surface area contributed by atoms with Crippen molar-refractivity contribution >= 4 is 16.9 Å². The molecule has 0 amide bonds. The maximum Gasteiger partial charge on any atom is 0.348 e. The van der Waals surface area contributed by atoms with Crippen molar-refractivity contribution in [3.05, 3.63) is 34.3 Å². The Kier molecular flexibility index (Phi) is 4.30. The molecule has 2 heterocycles. The fourth-order valence-electron chi connectivity index (χ4n) is 2.93. The Balaban J connectivity index is 1.90. The van der Waals surface area contributed by atoms with Crippen molar-refractivity contribution in [1.29, 1.82) is 0 Å². The summed E-state index contributed by atoms with van der Waals surface area (Å²) in [5.41, 5.74) is 9.86. The zero-order chi connectivity index (χ0) is 18.2. The van der Waals surface area contributed by atoms with E-state index in [9.17, 15) is 4.79 Å². The fraction of sp³-hybridized carbons (Fsp3) is 0.529. The van der Waals surface area contributed by atoms with Crippen LogP contribution in [0, 0.1) is 0 Å². The molecule has 0 N–H and O–H groups in total. The Morgan fingerprint density at radius 1 is 1.56 bits per heavy atom. The van der Waals surface area contributed by atoms with Gasteiger partial charge in [-0.2, -0.15) is 5.10 Å². The number of carbonyl (C=O) groups is 1. The zero-order valence-corrected chi connectivity index (χ0v) is 14.8. The van der Waals surface area contributed by atoms with Crippen LogP contribution in [-0.4, -0.2) is 33.5 Å². The molecule has 2 aromatic rings. The van der Waals surface area contributed by atoms with E-state index in [1.165, 1.54) is 0 Å². The summed E-state index contributed by atoms with van der Waals surface area (Å²) >= 11 is 0. The van der Waals surface area contributed by atoms with Crippen LogP contribution in [0.2, 0.25) is 0 Å². The molecule has 0 spiro atoms. The number of nitrogens with zero attached hydrogens (tertiary/aromatic N) is 5. The summed E-state index contributed by atoms with van der Waals surface area (Å²) in [5.74, 6) is 0.298. The van der Waals surface area contributed by atoms with Gasteiger partial charge in [0.1, 0.15) is 11.4 Å². The molecule has 0 aliphatic carbocycles. The molecule has 3 rings (SSSR count). The average molecular weight is 343 g/mol. The topological polar surface area (TPSA) is 102 Å². The summed E-state index contributed by atoms with van der Waals surface area (Å²) in [4.78, 5) is 15.2. The first-order chi connectivity index (χ1) is 11.8. The first-order valence-corrected chi connectivity index (χ1v) is 8.19. The van der Waals surface area contributed by atoms with Gasteiger partial charge >= 0.3 is 5.97 Å². The van der Waals surface area contributed by atoms with Gasteiger partial charge in [0, 0.05) is 28.8 Å². The lowest BCUT2D eigenvalue weighted by molar-refractivity contribution is -0.162. The number of benzene rings is 1. The lowest BCUT2D eigenvalue weighted by atomic mass is 10.1. The van der Waals surface area contributed by atoms with Crippen LogP contribution >= 0.6 is 0 Å². The van der Waals surface area contributed by atoms with Gasteiger partial charge in [-0.25, -0.2) is 4.79 Å². The quantitative estimate of drug-likeness (QED) is 0.367. The molecule has 1 aliphatic rings. The maximum atomic E-state index is 12.3. The second-order valence-electron chi connectivity index (χ2n) is 7.20. The molecule has 1 aromatic heterocycles.